The summed E-state index contributed by atoms with van der Waals surface area (Å²) in [4.78, 5) is 12.9. The number of nitrogens with zero attached hydrogens (tertiary/aromatic N) is 2. The molecule has 0 saturated carbocycles. The normalized spacial score (nSPS) is 17.2. The first-order valence-corrected chi connectivity index (χ1v) is 9.30. The van der Waals surface area contributed by atoms with E-state index >= 15 is 0 Å². The lowest BCUT2D eigenvalue weighted by Gasteiger charge is -2.14. The van der Waals surface area contributed by atoms with Crippen LogP contribution in [0.5, 0.6) is 0 Å². The van der Waals surface area contributed by atoms with Gasteiger partial charge in [0.2, 0.25) is 12.3 Å². The van der Waals surface area contributed by atoms with Crippen LogP contribution < -0.4 is 4.57 Å². The van der Waals surface area contributed by atoms with Gasteiger partial charge in [0.15, 0.2) is 11.9 Å². The molecule has 0 aliphatic carbocycles. The smallest absolute Gasteiger partial charge is 0.229 e. The maximum atomic E-state index is 12.9. The summed E-state index contributed by atoms with van der Waals surface area (Å²) in [6, 6.07) is 6.25. The third kappa shape index (κ3) is 3.84. The summed E-state index contributed by atoms with van der Waals surface area (Å²) < 4.78 is 10.1. The predicted octanol–water partition coefficient (Wildman–Crippen LogP) is 3.33. The molecule has 1 atom stereocenters. The largest absolute Gasteiger partial charge is 0.376 e. The van der Waals surface area contributed by atoms with Crippen LogP contribution in [0.3, 0.4) is 0 Å². The van der Waals surface area contributed by atoms with Crippen LogP contribution in [0.15, 0.2) is 24.4 Å². The van der Waals surface area contributed by atoms with Gasteiger partial charge in [-0.05, 0) is 45.2 Å². The minimum absolute atomic E-state index is 0.174. The zero-order valence-electron chi connectivity index (χ0n) is 15.8. The quantitative estimate of drug-likeness (QED) is 0.597. The van der Waals surface area contributed by atoms with Crippen LogP contribution >= 0.6 is 0 Å². The molecule has 0 radical (unpaired) electrons. The number of ketones is 1. The van der Waals surface area contributed by atoms with Gasteiger partial charge in [0, 0.05) is 48.7 Å². The minimum Gasteiger partial charge on any atom is -0.376 e. The molecule has 25 heavy (non-hydrogen) atoms. The van der Waals surface area contributed by atoms with Crippen molar-refractivity contribution in [1.29, 1.82) is 0 Å². The molecule has 3 rings (SSSR count). The second kappa shape index (κ2) is 7.52. The Labute approximate surface area is 150 Å². The number of carbonyl (C=O) groups is 1. The number of pyridine rings is 1. The average molecular weight is 341 g/mol. The highest BCUT2D eigenvalue weighted by atomic mass is 16.5. The molecule has 0 unspecified atom stereocenters. The van der Waals surface area contributed by atoms with Crippen molar-refractivity contribution < 1.29 is 14.1 Å². The Morgan fingerprint density at radius 3 is 2.80 bits per heavy atom. The Hall–Kier alpha value is -1.94. The lowest BCUT2D eigenvalue weighted by molar-refractivity contribution is -0.689. The molecule has 3 heterocycles. The molecular weight excluding hydrogens is 312 g/mol. The fourth-order valence-electron chi connectivity index (χ4n) is 3.64. The first-order valence-electron chi connectivity index (χ1n) is 9.30. The Bertz CT molecular complexity index is 770. The van der Waals surface area contributed by atoms with Gasteiger partial charge in [0.1, 0.15) is 0 Å². The zero-order valence-corrected chi connectivity index (χ0v) is 15.8. The van der Waals surface area contributed by atoms with Crippen LogP contribution in [0.2, 0.25) is 0 Å². The fraction of sp³-hybridized carbons (Fsp3) is 0.524. The van der Waals surface area contributed by atoms with E-state index in [1.807, 2.05) is 13.0 Å². The van der Waals surface area contributed by atoms with Gasteiger partial charge in [-0.2, -0.15) is 4.57 Å². The van der Waals surface area contributed by atoms with Crippen molar-refractivity contribution in [2.75, 3.05) is 6.61 Å². The monoisotopic (exact) mass is 341 g/mol. The van der Waals surface area contributed by atoms with E-state index in [4.69, 9.17) is 4.74 Å². The van der Waals surface area contributed by atoms with Crippen molar-refractivity contribution in [2.45, 2.75) is 66.2 Å². The summed E-state index contributed by atoms with van der Waals surface area (Å²) in [5.74, 6) is 0.174. The standard InChI is InChI=1S/C21H29N2O2/c1-5-18-9-8-15(2)22(12-18)14-21(24)20-11-16(3)23(17(20)4)13-19-7-6-10-25-19/h8-9,11-12,19H,5-7,10,13-14H2,1-4H3/q+1/t19-/m1/s1. The molecule has 4 heteroatoms. The number of ether oxygens (including phenoxy) is 1. The number of rotatable bonds is 6. The first-order chi connectivity index (χ1) is 12.0. The van der Waals surface area contributed by atoms with Gasteiger partial charge in [0.25, 0.3) is 0 Å². The minimum atomic E-state index is 0.174. The number of Topliss-reactive ketones (excluding diaryl/α,β-unsaturated/α-hetero) is 1. The lowest BCUT2D eigenvalue weighted by atomic mass is 10.1. The lowest BCUT2D eigenvalue weighted by Crippen LogP contribution is -2.41. The predicted molar refractivity (Wildman–Crippen MR) is 98.0 cm³/mol. The van der Waals surface area contributed by atoms with Gasteiger partial charge in [-0.1, -0.05) is 6.92 Å². The summed E-state index contributed by atoms with van der Waals surface area (Å²) in [5.41, 5.74) is 5.40. The summed E-state index contributed by atoms with van der Waals surface area (Å²) in [6.07, 6.45) is 5.60. The van der Waals surface area contributed by atoms with Crippen molar-refractivity contribution >= 4 is 5.78 Å². The molecule has 2 aromatic rings. The first kappa shape index (κ1) is 17.9. The molecule has 134 valence electrons. The van der Waals surface area contributed by atoms with E-state index in [0.29, 0.717) is 6.54 Å². The average Bonchev–Trinajstić information content (AvgIpc) is 3.20. The summed E-state index contributed by atoms with van der Waals surface area (Å²) in [5, 5.41) is 0. The van der Waals surface area contributed by atoms with E-state index in [-0.39, 0.29) is 11.9 Å². The number of aryl methyl sites for hydroxylation is 3. The molecule has 1 saturated heterocycles. The van der Waals surface area contributed by atoms with Crippen molar-refractivity contribution in [2.24, 2.45) is 0 Å². The third-order valence-electron chi connectivity index (χ3n) is 5.32. The van der Waals surface area contributed by atoms with Crippen molar-refractivity contribution in [1.82, 2.24) is 4.57 Å². The van der Waals surface area contributed by atoms with Crippen LogP contribution in [0.1, 0.15) is 52.8 Å². The molecule has 0 aromatic carbocycles. The van der Waals surface area contributed by atoms with E-state index in [0.717, 1.165) is 55.1 Å². The number of hydrogen-bond acceptors (Lipinski definition) is 2. The van der Waals surface area contributed by atoms with Crippen LogP contribution in [0.25, 0.3) is 0 Å². The SMILES string of the molecule is CCc1ccc(C)[n+](CC(=O)c2cc(C)n(C[C@H]3CCCO3)c2C)c1. The van der Waals surface area contributed by atoms with Crippen LogP contribution in [0.4, 0.5) is 0 Å². The molecule has 1 fully saturated rings. The highest BCUT2D eigenvalue weighted by Gasteiger charge is 2.23. The summed E-state index contributed by atoms with van der Waals surface area (Å²) in [7, 11) is 0. The highest BCUT2D eigenvalue weighted by Crippen LogP contribution is 2.20. The summed E-state index contributed by atoms with van der Waals surface area (Å²) >= 11 is 0. The van der Waals surface area contributed by atoms with E-state index in [1.165, 1.54) is 5.56 Å². The van der Waals surface area contributed by atoms with Gasteiger partial charge in [-0.3, -0.25) is 4.79 Å². The second-order valence-electron chi connectivity index (χ2n) is 7.11. The van der Waals surface area contributed by atoms with Crippen molar-refractivity contribution in [3.05, 3.63) is 52.6 Å². The molecule has 2 aromatic heterocycles. The van der Waals surface area contributed by atoms with Gasteiger partial charge in [-0.15, -0.1) is 0 Å². The summed E-state index contributed by atoms with van der Waals surface area (Å²) in [6.45, 7) is 10.4. The molecule has 4 nitrogen and oxygen atoms in total. The highest BCUT2D eigenvalue weighted by molar-refractivity contribution is 5.96. The fourth-order valence-corrected chi connectivity index (χ4v) is 3.64. The number of aromatic nitrogens is 2. The zero-order chi connectivity index (χ0) is 18.0. The molecule has 0 bridgehead atoms. The molecule has 0 spiro atoms. The van der Waals surface area contributed by atoms with Crippen LogP contribution in [-0.4, -0.2) is 23.1 Å². The number of hydrogen-bond donors (Lipinski definition) is 0. The molecule has 0 amide bonds. The molecule has 1 aliphatic rings. The van der Waals surface area contributed by atoms with Crippen LogP contribution in [0, 0.1) is 20.8 Å². The van der Waals surface area contributed by atoms with Gasteiger partial charge in [0.05, 0.1) is 6.10 Å². The van der Waals surface area contributed by atoms with E-state index < -0.39 is 0 Å². The second-order valence-corrected chi connectivity index (χ2v) is 7.11. The molecule has 0 N–H and O–H groups in total. The van der Waals surface area contributed by atoms with Gasteiger partial charge in [-0.25, -0.2) is 0 Å². The maximum absolute atomic E-state index is 12.9. The topological polar surface area (TPSA) is 35.1 Å². The Balaban J connectivity index is 1.80. The van der Waals surface area contributed by atoms with Crippen LogP contribution in [-0.2, 0) is 24.2 Å². The van der Waals surface area contributed by atoms with Crippen molar-refractivity contribution in [3.8, 4) is 0 Å². The van der Waals surface area contributed by atoms with Gasteiger partial charge >= 0.3 is 0 Å². The Kier molecular flexibility index (Phi) is 5.38. The molecular formula is C21H29N2O2+. The molecule has 1 aliphatic heterocycles. The third-order valence-corrected chi connectivity index (χ3v) is 5.32. The van der Waals surface area contributed by atoms with E-state index in [1.54, 1.807) is 0 Å². The maximum Gasteiger partial charge on any atom is 0.229 e. The van der Waals surface area contributed by atoms with Crippen molar-refractivity contribution in [3.63, 3.8) is 0 Å². The van der Waals surface area contributed by atoms with Gasteiger partial charge < -0.3 is 9.30 Å². The van der Waals surface area contributed by atoms with E-state index in [9.17, 15) is 4.79 Å². The number of carbonyl (C=O) groups excluding carboxylic acids is 1. The Morgan fingerprint density at radius 1 is 1.32 bits per heavy atom. The Morgan fingerprint density at radius 2 is 2.12 bits per heavy atom. The van der Waals surface area contributed by atoms with E-state index in [2.05, 4.69) is 48.2 Å².